The van der Waals surface area contributed by atoms with Gasteiger partial charge in [-0.3, -0.25) is 4.79 Å². The van der Waals surface area contributed by atoms with E-state index in [1.807, 2.05) is 19.9 Å². The number of aromatic nitrogens is 2. The number of rotatable bonds is 3. The van der Waals surface area contributed by atoms with Gasteiger partial charge in [0.2, 0.25) is 5.88 Å². The molecular weight excluding hydrogens is 299 g/mol. The third-order valence-electron chi connectivity index (χ3n) is 3.08. The van der Waals surface area contributed by atoms with Crippen molar-refractivity contribution in [2.45, 2.75) is 26.7 Å². The Hall–Kier alpha value is -1.52. The molecule has 1 heterocycles. The lowest BCUT2D eigenvalue weighted by Crippen LogP contribution is -2.06. The second-order valence-corrected chi connectivity index (χ2v) is 5.36. The summed E-state index contributed by atoms with van der Waals surface area (Å²) in [5, 5.41) is 7.82. The molecule has 0 radical (unpaired) electrons. The summed E-state index contributed by atoms with van der Waals surface area (Å²) in [4.78, 5) is 11.1. The maximum Gasteiger partial charge on any atom is 0.309 e. The van der Waals surface area contributed by atoms with Gasteiger partial charge >= 0.3 is 5.97 Å². The maximum atomic E-state index is 11.1. The number of benzene rings is 1. The van der Waals surface area contributed by atoms with E-state index in [4.69, 9.17) is 27.9 Å². The molecule has 2 rings (SSSR count). The van der Waals surface area contributed by atoms with Gasteiger partial charge in [0, 0.05) is 18.4 Å². The summed E-state index contributed by atoms with van der Waals surface area (Å²) in [6.07, 6.45) is 0. The Kier molecular flexibility index (Phi) is 4.35. The molecule has 2 aromatic rings. The zero-order valence-electron chi connectivity index (χ0n) is 11.3. The summed E-state index contributed by atoms with van der Waals surface area (Å²) in [5.41, 5.74) is 2.58. The van der Waals surface area contributed by atoms with Crippen LogP contribution in [0.1, 0.15) is 36.6 Å². The highest BCUT2D eigenvalue weighted by molar-refractivity contribution is 6.42. The van der Waals surface area contributed by atoms with E-state index in [0.29, 0.717) is 15.9 Å². The lowest BCUT2D eigenvalue weighted by molar-refractivity contribution is -0.132. The van der Waals surface area contributed by atoms with Gasteiger partial charge in [-0.25, -0.2) is 5.10 Å². The minimum Gasteiger partial charge on any atom is -0.408 e. The number of ether oxygens (including phenoxy) is 1. The molecule has 1 aromatic carbocycles. The molecule has 1 atom stereocenters. The molecule has 1 N–H and O–H groups in total. The molecule has 0 spiro atoms. The van der Waals surface area contributed by atoms with Crippen molar-refractivity contribution in [2.75, 3.05) is 0 Å². The van der Waals surface area contributed by atoms with E-state index in [9.17, 15) is 4.79 Å². The predicted octanol–water partition coefficient (Wildman–Crippen LogP) is 4.10. The third kappa shape index (κ3) is 2.97. The number of hydrogen-bond donors (Lipinski definition) is 1. The molecule has 106 valence electrons. The predicted molar refractivity (Wildman–Crippen MR) is 78.6 cm³/mol. The first-order chi connectivity index (χ1) is 9.40. The number of hydrogen-bond acceptors (Lipinski definition) is 3. The van der Waals surface area contributed by atoms with Gasteiger partial charge < -0.3 is 4.74 Å². The first-order valence-electron chi connectivity index (χ1n) is 6.08. The fourth-order valence-electron chi connectivity index (χ4n) is 2.10. The summed E-state index contributed by atoms with van der Waals surface area (Å²) >= 11 is 12.0. The zero-order chi connectivity index (χ0) is 14.9. The van der Waals surface area contributed by atoms with Crippen LogP contribution in [0, 0.1) is 6.92 Å². The Morgan fingerprint density at radius 2 is 2.05 bits per heavy atom. The van der Waals surface area contributed by atoms with E-state index in [1.165, 1.54) is 6.92 Å². The van der Waals surface area contributed by atoms with Crippen LogP contribution < -0.4 is 4.74 Å². The van der Waals surface area contributed by atoms with Crippen molar-refractivity contribution < 1.29 is 9.53 Å². The molecule has 1 aromatic heterocycles. The molecule has 0 saturated carbocycles. The summed E-state index contributed by atoms with van der Waals surface area (Å²) in [6.45, 7) is 5.20. The second-order valence-electron chi connectivity index (χ2n) is 4.54. The third-order valence-corrected chi connectivity index (χ3v) is 3.82. The van der Waals surface area contributed by atoms with E-state index < -0.39 is 5.97 Å². The maximum absolute atomic E-state index is 11.1. The first-order valence-corrected chi connectivity index (χ1v) is 6.84. The minimum atomic E-state index is -0.392. The van der Waals surface area contributed by atoms with Crippen LogP contribution in [0.4, 0.5) is 0 Å². The number of nitrogens with one attached hydrogen (secondary N) is 1. The number of H-pyrrole nitrogens is 1. The number of esters is 1. The Labute approximate surface area is 127 Å². The number of aromatic amines is 1. The van der Waals surface area contributed by atoms with E-state index in [-0.39, 0.29) is 5.92 Å². The standard InChI is InChI=1S/C14H14Cl2N2O2/c1-7(10-4-5-11(15)12(16)6-10)13-8(2)17-18-14(13)20-9(3)19/h4-7H,1-3H3,(H,17,18). The van der Waals surface area contributed by atoms with Gasteiger partial charge in [-0.1, -0.05) is 36.2 Å². The fourth-order valence-corrected chi connectivity index (χ4v) is 2.41. The van der Waals surface area contributed by atoms with Crippen LogP contribution in [0.25, 0.3) is 0 Å². The molecule has 0 amide bonds. The van der Waals surface area contributed by atoms with Crippen molar-refractivity contribution in [2.24, 2.45) is 0 Å². The van der Waals surface area contributed by atoms with Crippen LogP contribution in [-0.2, 0) is 4.79 Å². The van der Waals surface area contributed by atoms with Gasteiger partial charge in [-0.15, -0.1) is 0 Å². The van der Waals surface area contributed by atoms with Gasteiger partial charge in [0.15, 0.2) is 0 Å². The molecule has 0 aliphatic heterocycles. The molecule has 20 heavy (non-hydrogen) atoms. The van der Waals surface area contributed by atoms with E-state index >= 15 is 0 Å². The number of carbonyl (C=O) groups is 1. The largest absolute Gasteiger partial charge is 0.408 e. The summed E-state index contributed by atoms with van der Waals surface area (Å²) in [7, 11) is 0. The quantitative estimate of drug-likeness (QED) is 0.868. The van der Waals surface area contributed by atoms with Gasteiger partial charge in [-0.05, 0) is 24.6 Å². The molecule has 0 aliphatic carbocycles. The Balaban J connectivity index is 2.41. The average Bonchev–Trinajstić information content (AvgIpc) is 2.72. The molecule has 0 saturated heterocycles. The van der Waals surface area contributed by atoms with Crippen LogP contribution in [0.3, 0.4) is 0 Å². The number of aryl methyl sites for hydroxylation is 1. The van der Waals surface area contributed by atoms with E-state index in [1.54, 1.807) is 12.1 Å². The van der Waals surface area contributed by atoms with Gasteiger partial charge in [-0.2, -0.15) is 5.10 Å². The van der Waals surface area contributed by atoms with Crippen molar-refractivity contribution in [3.63, 3.8) is 0 Å². The normalized spacial score (nSPS) is 12.2. The summed E-state index contributed by atoms with van der Waals surface area (Å²) < 4.78 is 5.15. The summed E-state index contributed by atoms with van der Waals surface area (Å²) in [5.74, 6) is -0.0531. The van der Waals surface area contributed by atoms with Gasteiger partial charge in [0.1, 0.15) is 0 Å². The SMILES string of the molecule is CC(=O)Oc1[nH]nc(C)c1C(C)c1ccc(Cl)c(Cl)c1. The number of carbonyl (C=O) groups excluding carboxylic acids is 1. The van der Waals surface area contributed by atoms with Crippen molar-refractivity contribution in [3.05, 3.63) is 45.1 Å². The van der Waals surface area contributed by atoms with E-state index in [2.05, 4.69) is 10.2 Å². The number of nitrogens with zero attached hydrogens (tertiary/aromatic N) is 1. The van der Waals surface area contributed by atoms with Crippen molar-refractivity contribution >= 4 is 29.2 Å². The second kappa shape index (κ2) is 5.85. The van der Waals surface area contributed by atoms with Crippen LogP contribution >= 0.6 is 23.2 Å². The van der Waals surface area contributed by atoms with Crippen molar-refractivity contribution in [1.82, 2.24) is 10.2 Å². The van der Waals surface area contributed by atoms with E-state index in [0.717, 1.165) is 16.8 Å². The lowest BCUT2D eigenvalue weighted by Gasteiger charge is -2.14. The highest BCUT2D eigenvalue weighted by Gasteiger charge is 2.21. The fraction of sp³-hybridized carbons (Fsp3) is 0.286. The molecule has 0 bridgehead atoms. The molecule has 1 unspecified atom stereocenters. The Bertz CT molecular complexity index is 653. The highest BCUT2D eigenvalue weighted by atomic mass is 35.5. The zero-order valence-corrected chi connectivity index (χ0v) is 12.8. The molecule has 4 nitrogen and oxygen atoms in total. The molecule has 0 fully saturated rings. The highest BCUT2D eigenvalue weighted by Crippen LogP contribution is 2.35. The van der Waals surface area contributed by atoms with Gasteiger partial charge in [0.25, 0.3) is 0 Å². The van der Waals surface area contributed by atoms with Crippen LogP contribution in [0.5, 0.6) is 5.88 Å². The molecule has 6 heteroatoms. The smallest absolute Gasteiger partial charge is 0.309 e. The molecule has 0 aliphatic rings. The number of halogens is 2. The summed E-state index contributed by atoms with van der Waals surface area (Å²) in [6, 6.07) is 5.44. The Morgan fingerprint density at radius 1 is 1.35 bits per heavy atom. The van der Waals surface area contributed by atoms with Gasteiger partial charge in [0.05, 0.1) is 15.7 Å². The monoisotopic (exact) mass is 312 g/mol. The van der Waals surface area contributed by atoms with Crippen LogP contribution in [0.2, 0.25) is 10.0 Å². The minimum absolute atomic E-state index is 0.0298. The Morgan fingerprint density at radius 3 is 2.65 bits per heavy atom. The topological polar surface area (TPSA) is 55.0 Å². The first kappa shape index (κ1) is 14.9. The van der Waals surface area contributed by atoms with Crippen LogP contribution in [-0.4, -0.2) is 16.2 Å². The van der Waals surface area contributed by atoms with Crippen molar-refractivity contribution in [1.29, 1.82) is 0 Å². The molecular formula is C14H14Cl2N2O2. The average molecular weight is 313 g/mol. The van der Waals surface area contributed by atoms with Crippen molar-refractivity contribution in [3.8, 4) is 5.88 Å². The lowest BCUT2D eigenvalue weighted by atomic mass is 9.93. The van der Waals surface area contributed by atoms with Crippen LogP contribution in [0.15, 0.2) is 18.2 Å².